The van der Waals surface area contributed by atoms with Gasteiger partial charge in [0.05, 0.1) is 11.2 Å². The van der Waals surface area contributed by atoms with Crippen molar-refractivity contribution < 1.29 is 5.11 Å². The second-order valence-electron chi connectivity index (χ2n) is 8.33. The number of anilines is 2. The number of nitrogen functional groups attached to an aromatic ring is 1. The van der Waals surface area contributed by atoms with Crippen LogP contribution >= 0.6 is 23.5 Å². The zero-order valence-corrected chi connectivity index (χ0v) is 20.4. The minimum atomic E-state index is -0.428. The molecule has 0 aliphatic carbocycles. The van der Waals surface area contributed by atoms with Gasteiger partial charge in [0.15, 0.2) is 5.16 Å². The molecule has 2 atom stereocenters. The van der Waals surface area contributed by atoms with Crippen molar-refractivity contribution in [1.82, 2.24) is 25.3 Å². The van der Waals surface area contributed by atoms with Crippen LogP contribution in [-0.4, -0.2) is 43.2 Å². The largest absolute Gasteiger partial charge is 0.396 e. The van der Waals surface area contributed by atoms with Gasteiger partial charge in [0.2, 0.25) is 0 Å². The van der Waals surface area contributed by atoms with E-state index in [0.29, 0.717) is 16.9 Å². The number of nitrogens with zero attached hydrogens (tertiary/aromatic N) is 3. The van der Waals surface area contributed by atoms with Gasteiger partial charge in [-0.25, -0.2) is 15.0 Å². The van der Waals surface area contributed by atoms with Gasteiger partial charge in [-0.05, 0) is 30.7 Å². The van der Waals surface area contributed by atoms with Gasteiger partial charge in [0, 0.05) is 37.2 Å². The molecule has 4 rings (SSSR count). The topological polar surface area (TPSA) is 125 Å². The number of hydrogen-bond acceptors (Lipinski definition) is 9. The van der Waals surface area contributed by atoms with Crippen molar-refractivity contribution in [2.75, 3.05) is 24.2 Å². The van der Waals surface area contributed by atoms with Crippen molar-refractivity contribution in [2.24, 2.45) is 5.92 Å². The average Bonchev–Trinajstić information content (AvgIpc) is 3.45. The Bertz CT molecular complexity index is 1020. The number of benzene rings is 1. The standard InChI is InChI=1S/C23H31N7OS2/c1-16(6-5-11-31)12-23(27-10-9-18-13-25-15-26-18)30-21-19(33-23)20(24)28-22(29-21)32-14-17-7-3-2-4-8-17/h2-4,7-8,13,15-16,27,31H,5-6,9-12,14H2,1H3,(H,25,26)(H3,24,28,29,30)/t16?,23-/m1/s1. The highest BCUT2D eigenvalue weighted by molar-refractivity contribution is 8.01. The Morgan fingerprint density at radius 2 is 2.12 bits per heavy atom. The van der Waals surface area contributed by atoms with E-state index in [4.69, 9.17) is 10.7 Å². The van der Waals surface area contributed by atoms with E-state index in [2.05, 4.69) is 44.6 Å². The summed E-state index contributed by atoms with van der Waals surface area (Å²) in [6, 6.07) is 10.3. The molecule has 6 N–H and O–H groups in total. The average molecular weight is 486 g/mol. The molecular weight excluding hydrogens is 454 g/mol. The van der Waals surface area contributed by atoms with Gasteiger partial charge < -0.3 is 21.1 Å². The first-order valence-corrected chi connectivity index (χ1v) is 13.0. The van der Waals surface area contributed by atoms with Crippen LogP contribution in [0.25, 0.3) is 0 Å². The van der Waals surface area contributed by atoms with Gasteiger partial charge in [0.25, 0.3) is 0 Å². The summed E-state index contributed by atoms with van der Waals surface area (Å²) in [5.41, 5.74) is 8.69. The van der Waals surface area contributed by atoms with Crippen molar-refractivity contribution in [3.63, 3.8) is 0 Å². The fourth-order valence-corrected chi connectivity index (χ4v) is 6.10. The molecule has 1 aliphatic rings. The predicted octanol–water partition coefficient (Wildman–Crippen LogP) is 3.88. The molecule has 0 saturated heterocycles. The lowest BCUT2D eigenvalue weighted by atomic mass is 9.99. The maximum Gasteiger partial charge on any atom is 0.191 e. The number of aliphatic hydroxyl groups is 1. The Balaban J connectivity index is 1.47. The van der Waals surface area contributed by atoms with Gasteiger partial charge >= 0.3 is 0 Å². The Morgan fingerprint density at radius 3 is 2.88 bits per heavy atom. The number of aromatic amines is 1. The summed E-state index contributed by atoms with van der Waals surface area (Å²) in [6.45, 7) is 3.20. The maximum atomic E-state index is 9.25. The highest BCUT2D eigenvalue weighted by Gasteiger charge is 2.41. The lowest BCUT2D eigenvalue weighted by molar-refractivity contribution is 0.266. The molecule has 8 nitrogen and oxygen atoms in total. The Morgan fingerprint density at radius 1 is 1.27 bits per heavy atom. The first-order valence-electron chi connectivity index (χ1n) is 11.2. The normalized spacial score (nSPS) is 18.1. The second-order valence-corrected chi connectivity index (χ2v) is 10.6. The lowest BCUT2D eigenvalue weighted by Crippen LogP contribution is -2.48. The van der Waals surface area contributed by atoms with E-state index in [0.717, 1.165) is 54.4 Å². The van der Waals surface area contributed by atoms with E-state index < -0.39 is 4.99 Å². The second kappa shape index (κ2) is 11.2. The summed E-state index contributed by atoms with van der Waals surface area (Å²) in [6.07, 6.45) is 7.00. The summed E-state index contributed by atoms with van der Waals surface area (Å²) in [4.78, 5) is 17.1. The maximum absolute atomic E-state index is 9.25. The molecule has 3 aromatic rings. The first-order chi connectivity index (χ1) is 16.1. The smallest absolute Gasteiger partial charge is 0.191 e. The fourth-order valence-electron chi connectivity index (χ4n) is 3.91. The number of hydrogen-bond donors (Lipinski definition) is 5. The number of fused-ring (bicyclic) bond motifs is 1. The van der Waals surface area contributed by atoms with Crippen LogP contribution in [-0.2, 0) is 12.2 Å². The number of nitrogens with two attached hydrogens (primary N) is 1. The molecular formula is C23H31N7OS2. The van der Waals surface area contributed by atoms with Crippen LogP contribution in [0, 0.1) is 5.92 Å². The quantitative estimate of drug-likeness (QED) is 0.192. The van der Waals surface area contributed by atoms with Crippen LogP contribution in [0.4, 0.5) is 11.6 Å². The summed E-state index contributed by atoms with van der Waals surface area (Å²) in [5.74, 6) is 2.49. The molecule has 0 radical (unpaired) electrons. The van der Waals surface area contributed by atoms with Gasteiger partial charge in [0.1, 0.15) is 16.6 Å². The molecule has 0 spiro atoms. The molecule has 3 heterocycles. The fraction of sp³-hybridized carbons (Fsp3) is 0.435. The molecule has 0 amide bonds. The van der Waals surface area contributed by atoms with Gasteiger partial charge in [-0.15, -0.1) is 0 Å². The lowest BCUT2D eigenvalue weighted by Gasteiger charge is -2.33. The van der Waals surface area contributed by atoms with Crippen molar-refractivity contribution in [1.29, 1.82) is 0 Å². The number of aromatic nitrogens is 4. The third-order valence-corrected chi connectivity index (χ3v) is 7.82. The number of aliphatic hydroxyl groups excluding tert-OH is 1. The number of H-pyrrole nitrogens is 1. The van der Waals surface area contributed by atoms with E-state index in [1.165, 1.54) is 5.56 Å². The number of rotatable bonds is 12. The summed E-state index contributed by atoms with van der Waals surface area (Å²) < 4.78 is 0. The van der Waals surface area contributed by atoms with Crippen molar-refractivity contribution in [3.05, 3.63) is 54.1 Å². The van der Waals surface area contributed by atoms with E-state index >= 15 is 0 Å². The SMILES string of the molecule is CC(CCCO)C[C@@]1(NCCc2cnc[nH]2)Nc2nc(SCc3ccccc3)nc(N)c2S1. The van der Waals surface area contributed by atoms with Crippen LogP contribution in [0.3, 0.4) is 0 Å². The molecule has 10 heteroatoms. The number of imidazole rings is 1. The summed E-state index contributed by atoms with van der Waals surface area (Å²) in [7, 11) is 0. The molecule has 0 fully saturated rings. The molecule has 0 saturated carbocycles. The van der Waals surface area contributed by atoms with Crippen LogP contribution in [0.2, 0.25) is 0 Å². The zero-order chi connectivity index (χ0) is 23.1. The molecule has 1 unspecified atom stereocenters. The van der Waals surface area contributed by atoms with Crippen LogP contribution < -0.4 is 16.4 Å². The van der Waals surface area contributed by atoms with E-state index in [9.17, 15) is 5.11 Å². The van der Waals surface area contributed by atoms with Crippen molar-refractivity contribution in [3.8, 4) is 0 Å². The highest BCUT2D eigenvalue weighted by atomic mass is 32.2. The van der Waals surface area contributed by atoms with E-state index in [1.54, 1.807) is 29.9 Å². The Hall–Kier alpha value is -2.27. The van der Waals surface area contributed by atoms with Gasteiger partial charge in [-0.2, -0.15) is 0 Å². The van der Waals surface area contributed by atoms with Crippen LogP contribution in [0.5, 0.6) is 0 Å². The molecule has 1 aliphatic heterocycles. The molecule has 2 aromatic heterocycles. The molecule has 1 aromatic carbocycles. The molecule has 0 bridgehead atoms. The molecule has 33 heavy (non-hydrogen) atoms. The number of nitrogens with one attached hydrogen (secondary N) is 3. The zero-order valence-electron chi connectivity index (χ0n) is 18.8. The van der Waals surface area contributed by atoms with Crippen LogP contribution in [0.15, 0.2) is 52.9 Å². The molecule has 176 valence electrons. The predicted molar refractivity (Wildman–Crippen MR) is 135 cm³/mol. The monoisotopic (exact) mass is 485 g/mol. The minimum Gasteiger partial charge on any atom is -0.396 e. The summed E-state index contributed by atoms with van der Waals surface area (Å²) >= 11 is 3.25. The third kappa shape index (κ3) is 6.41. The van der Waals surface area contributed by atoms with E-state index in [-0.39, 0.29) is 6.61 Å². The Labute approximate surface area is 203 Å². The summed E-state index contributed by atoms with van der Waals surface area (Å²) in [5, 5.41) is 17.3. The first kappa shape index (κ1) is 23.9. The highest BCUT2D eigenvalue weighted by Crippen LogP contribution is 2.49. The minimum absolute atomic E-state index is 0.214. The van der Waals surface area contributed by atoms with Crippen molar-refractivity contribution in [2.45, 2.75) is 53.4 Å². The van der Waals surface area contributed by atoms with Crippen LogP contribution in [0.1, 0.15) is 37.4 Å². The Kier molecular flexibility index (Phi) is 8.13. The van der Waals surface area contributed by atoms with Gasteiger partial charge in [-0.1, -0.05) is 60.8 Å². The van der Waals surface area contributed by atoms with E-state index in [1.807, 2.05) is 24.4 Å². The third-order valence-electron chi connectivity index (χ3n) is 5.53. The number of thioether (sulfide) groups is 2. The van der Waals surface area contributed by atoms with Crippen molar-refractivity contribution >= 4 is 35.2 Å². The van der Waals surface area contributed by atoms with Gasteiger partial charge in [-0.3, -0.25) is 5.32 Å².